The molecule has 1 aromatic heterocycles. The number of hydrogen-bond donors (Lipinski definition) is 2. The van der Waals surface area contributed by atoms with Gasteiger partial charge < -0.3 is 15.1 Å². The number of hydrogen-bond acceptors (Lipinski definition) is 3. The molecular weight excluding hydrogens is 396 g/mol. The third-order valence-corrected chi connectivity index (χ3v) is 4.29. The molecule has 3 aromatic rings. The van der Waals surface area contributed by atoms with Gasteiger partial charge >= 0.3 is 0 Å². The summed E-state index contributed by atoms with van der Waals surface area (Å²) >= 11 is 3.36. The number of carbonyl (C=O) groups excluding carboxylic acids is 2. The van der Waals surface area contributed by atoms with E-state index in [1.807, 2.05) is 42.5 Å². The molecule has 2 amide bonds. The lowest BCUT2D eigenvalue weighted by Gasteiger charge is -2.18. The van der Waals surface area contributed by atoms with Gasteiger partial charge in [0.05, 0.1) is 6.26 Å². The summed E-state index contributed by atoms with van der Waals surface area (Å²) in [6, 6.07) is 19.2. The maximum Gasteiger partial charge on any atom is 0.287 e. The van der Waals surface area contributed by atoms with E-state index >= 15 is 0 Å². The molecule has 0 bridgehead atoms. The van der Waals surface area contributed by atoms with Crippen LogP contribution in [0.3, 0.4) is 0 Å². The fraction of sp³-hybridized carbons (Fsp3) is 0.100. The molecule has 0 radical (unpaired) electrons. The maximum absolute atomic E-state index is 12.7. The second-order valence-electron chi connectivity index (χ2n) is 5.69. The van der Waals surface area contributed by atoms with Crippen molar-refractivity contribution in [2.45, 2.75) is 12.5 Å². The minimum absolute atomic E-state index is 0.166. The zero-order valence-electron chi connectivity index (χ0n) is 13.8. The lowest BCUT2D eigenvalue weighted by atomic mass is 10.0. The fourth-order valence-corrected chi connectivity index (χ4v) is 2.72. The lowest BCUT2D eigenvalue weighted by molar-refractivity contribution is -0.118. The Balaban J connectivity index is 1.75. The van der Waals surface area contributed by atoms with Gasteiger partial charge in [-0.3, -0.25) is 9.59 Å². The van der Waals surface area contributed by atoms with Crippen LogP contribution in [0.2, 0.25) is 0 Å². The summed E-state index contributed by atoms with van der Waals surface area (Å²) < 4.78 is 6.03. The van der Waals surface area contributed by atoms with E-state index in [-0.39, 0.29) is 11.7 Å². The van der Waals surface area contributed by atoms with Gasteiger partial charge in [0.15, 0.2) is 5.76 Å². The number of carbonyl (C=O) groups is 2. The van der Waals surface area contributed by atoms with Gasteiger partial charge in [-0.05, 0) is 42.0 Å². The normalized spacial score (nSPS) is 11.6. The summed E-state index contributed by atoms with van der Waals surface area (Å²) in [6.45, 7) is 0. The highest BCUT2D eigenvalue weighted by atomic mass is 79.9. The molecule has 5 nitrogen and oxygen atoms in total. The first-order valence-electron chi connectivity index (χ1n) is 8.06. The largest absolute Gasteiger partial charge is 0.459 e. The van der Waals surface area contributed by atoms with E-state index in [4.69, 9.17) is 4.42 Å². The molecule has 1 heterocycles. The third kappa shape index (κ3) is 4.83. The molecule has 0 aliphatic heterocycles. The lowest BCUT2D eigenvalue weighted by Crippen LogP contribution is -2.45. The Morgan fingerprint density at radius 2 is 1.69 bits per heavy atom. The van der Waals surface area contributed by atoms with Gasteiger partial charge in [-0.2, -0.15) is 0 Å². The first-order valence-corrected chi connectivity index (χ1v) is 8.86. The van der Waals surface area contributed by atoms with Crippen LogP contribution < -0.4 is 10.6 Å². The SMILES string of the molecule is O=C(NC(Cc1ccccc1)C(=O)Nc1ccc(Br)cc1)c1ccco1. The van der Waals surface area contributed by atoms with E-state index in [0.29, 0.717) is 12.1 Å². The van der Waals surface area contributed by atoms with Gasteiger partial charge in [0.2, 0.25) is 5.91 Å². The zero-order chi connectivity index (χ0) is 18.4. The minimum atomic E-state index is -0.737. The molecule has 132 valence electrons. The topological polar surface area (TPSA) is 71.3 Å². The monoisotopic (exact) mass is 412 g/mol. The summed E-state index contributed by atoms with van der Waals surface area (Å²) in [5.74, 6) is -0.558. The number of amides is 2. The minimum Gasteiger partial charge on any atom is -0.459 e. The number of furan rings is 1. The maximum atomic E-state index is 12.7. The molecule has 3 rings (SSSR count). The van der Waals surface area contributed by atoms with E-state index in [1.54, 1.807) is 24.3 Å². The van der Waals surface area contributed by atoms with Gasteiger partial charge in [-0.25, -0.2) is 0 Å². The molecule has 26 heavy (non-hydrogen) atoms. The van der Waals surface area contributed by atoms with E-state index < -0.39 is 11.9 Å². The van der Waals surface area contributed by atoms with E-state index in [9.17, 15) is 9.59 Å². The van der Waals surface area contributed by atoms with Crippen LogP contribution in [-0.4, -0.2) is 17.9 Å². The first-order chi connectivity index (χ1) is 12.6. The smallest absolute Gasteiger partial charge is 0.287 e. The summed E-state index contributed by atoms with van der Waals surface area (Å²) in [4.78, 5) is 25.1. The van der Waals surface area contributed by atoms with Gasteiger partial charge in [-0.15, -0.1) is 0 Å². The van der Waals surface area contributed by atoms with E-state index in [1.165, 1.54) is 6.26 Å². The van der Waals surface area contributed by atoms with Crippen LogP contribution in [0.25, 0.3) is 0 Å². The molecule has 0 aliphatic carbocycles. The zero-order valence-corrected chi connectivity index (χ0v) is 15.4. The Morgan fingerprint density at radius 1 is 0.962 bits per heavy atom. The van der Waals surface area contributed by atoms with E-state index in [2.05, 4.69) is 26.6 Å². The van der Waals surface area contributed by atoms with Crippen molar-refractivity contribution in [3.8, 4) is 0 Å². The molecule has 1 unspecified atom stereocenters. The van der Waals surface area contributed by atoms with Crippen molar-refractivity contribution in [1.29, 1.82) is 0 Å². The van der Waals surface area contributed by atoms with Gasteiger partial charge in [0.25, 0.3) is 5.91 Å². The predicted molar refractivity (Wildman–Crippen MR) is 103 cm³/mol. The average Bonchev–Trinajstić information content (AvgIpc) is 3.19. The quantitative estimate of drug-likeness (QED) is 0.641. The molecule has 0 fully saturated rings. The summed E-state index contributed by atoms with van der Waals surface area (Å²) in [7, 11) is 0. The number of halogens is 1. The summed E-state index contributed by atoms with van der Waals surface area (Å²) in [6.07, 6.45) is 1.79. The molecule has 2 aromatic carbocycles. The average molecular weight is 413 g/mol. The third-order valence-electron chi connectivity index (χ3n) is 3.76. The summed E-state index contributed by atoms with van der Waals surface area (Å²) in [5, 5.41) is 5.58. The number of benzene rings is 2. The molecule has 0 spiro atoms. The predicted octanol–water partition coefficient (Wildman–Crippen LogP) is 4.02. The highest BCUT2D eigenvalue weighted by molar-refractivity contribution is 9.10. The highest BCUT2D eigenvalue weighted by Gasteiger charge is 2.23. The number of anilines is 1. The van der Waals surface area contributed by atoms with Crippen LogP contribution >= 0.6 is 15.9 Å². The van der Waals surface area contributed by atoms with Crippen LogP contribution in [0, 0.1) is 0 Å². The van der Waals surface area contributed by atoms with Gasteiger partial charge in [0, 0.05) is 16.6 Å². The van der Waals surface area contributed by atoms with Crippen LogP contribution in [0.4, 0.5) is 5.69 Å². The van der Waals surface area contributed by atoms with Crippen LogP contribution in [-0.2, 0) is 11.2 Å². The Bertz CT molecular complexity index is 862. The van der Waals surface area contributed by atoms with Crippen LogP contribution in [0.15, 0.2) is 81.9 Å². The fourth-order valence-electron chi connectivity index (χ4n) is 2.46. The van der Waals surface area contributed by atoms with Crippen molar-refractivity contribution in [2.75, 3.05) is 5.32 Å². The second kappa shape index (κ2) is 8.49. The van der Waals surface area contributed by atoms with Crippen LogP contribution in [0.1, 0.15) is 16.1 Å². The number of nitrogens with one attached hydrogen (secondary N) is 2. The highest BCUT2D eigenvalue weighted by Crippen LogP contribution is 2.15. The van der Waals surface area contributed by atoms with Crippen molar-refractivity contribution < 1.29 is 14.0 Å². The molecular formula is C20H17BrN2O3. The van der Waals surface area contributed by atoms with Gasteiger partial charge in [-0.1, -0.05) is 46.3 Å². The van der Waals surface area contributed by atoms with Crippen molar-refractivity contribution in [1.82, 2.24) is 5.32 Å². The molecule has 1 atom stereocenters. The Morgan fingerprint density at radius 3 is 2.35 bits per heavy atom. The first kappa shape index (κ1) is 17.9. The van der Waals surface area contributed by atoms with Crippen LogP contribution in [0.5, 0.6) is 0 Å². The van der Waals surface area contributed by atoms with Gasteiger partial charge in [0.1, 0.15) is 6.04 Å². The van der Waals surface area contributed by atoms with Crippen molar-refractivity contribution in [2.24, 2.45) is 0 Å². The molecule has 6 heteroatoms. The molecule has 0 saturated heterocycles. The van der Waals surface area contributed by atoms with Crippen molar-refractivity contribution in [3.05, 3.63) is 88.8 Å². The van der Waals surface area contributed by atoms with E-state index in [0.717, 1.165) is 10.0 Å². The Hall–Kier alpha value is -2.86. The Labute approximate surface area is 159 Å². The second-order valence-corrected chi connectivity index (χ2v) is 6.60. The summed E-state index contributed by atoms with van der Waals surface area (Å²) in [5.41, 5.74) is 1.60. The Kier molecular flexibility index (Phi) is 5.86. The van der Waals surface area contributed by atoms with Crippen molar-refractivity contribution >= 4 is 33.4 Å². The van der Waals surface area contributed by atoms with Crippen molar-refractivity contribution in [3.63, 3.8) is 0 Å². The standard InChI is InChI=1S/C20H17BrN2O3/c21-15-8-10-16(11-9-15)22-19(24)17(13-14-5-2-1-3-6-14)23-20(25)18-7-4-12-26-18/h1-12,17H,13H2,(H,22,24)(H,23,25). The molecule has 0 saturated carbocycles. The number of rotatable bonds is 6. The molecule has 2 N–H and O–H groups in total. The molecule has 0 aliphatic rings.